The van der Waals surface area contributed by atoms with Gasteiger partial charge < -0.3 is 9.73 Å². The third-order valence-corrected chi connectivity index (χ3v) is 4.62. The number of hydrogen-bond acceptors (Lipinski definition) is 4. The molecule has 0 unspecified atom stereocenters. The van der Waals surface area contributed by atoms with E-state index >= 15 is 0 Å². The third kappa shape index (κ3) is 4.59. The van der Waals surface area contributed by atoms with Crippen molar-refractivity contribution in [2.75, 3.05) is 5.32 Å². The van der Waals surface area contributed by atoms with Gasteiger partial charge >= 0.3 is 5.91 Å². The zero-order chi connectivity index (χ0) is 18.4. The largest absolute Gasteiger partial charge is 0.459 e. The lowest BCUT2D eigenvalue weighted by atomic mass is 9.88. The lowest BCUT2D eigenvalue weighted by molar-refractivity contribution is -0.120. The van der Waals surface area contributed by atoms with E-state index in [-0.39, 0.29) is 17.6 Å². The van der Waals surface area contributed by atoms with Crippen molar-refractivity contribution in [2.45, 2.75) is 39.0 Å². The topological polar surface area (TPSA) is 83.7 Å². The van der Waals surface area contributed by atoms with Gasteiger partial charge in [-0.15, -0.1) is 0 Å². The van der Waals surface area contributed by atoms with Gasteiger partial charge in [0.25, 0.3) is 0 Å². The van der Waals surface area contributed by atoms with Crippen molar-refractivity contribution in [1.29, 1.82) is 0 Å². The Kier molecular flexibility index (Phi) is 5.84. The molecule has 0 radical (unpaired) electrons. The van der Waals surface area contributed by atoms with Crippen LogP contribution in [-0.4, -0.2) is 17.5 Å². The molecule has 1 fully saturated rings. The average molecular weight is 353 g/mol. The molecule has 2 N–H and O–H groups in total. The summed E-state index contributed by atoms with van der Waals surface area (Å²) in [4.78, 5) is 24.1. The molecule has 1 aliphatic carbocycles. The van der Waals surface area contributed by atoms with Gasteiger partial charge in [0.2, 0.25) is 5.91 Å². The summed E-state index contributed by atoms with van der Waals surface area (Å²) < 4.78 is 5.01. The third-order valence-electron chi connectivity index (χ3n) is 4.62. The van der Waals surface area contributed by atoms with Crippen molar-refractivity contribution in [3.8, 4) is 0 Å². The summed E-state index contributed by atoms with van der Waals surface area (Å²) in [5.74, 6) is 0.0464. The molecule has 1 heterocycles. The van der Waals surface area contributed by atoms with Crippen LogP contribution in [0.3, 0.4) is 0 Å². The highest BCUT2D eigenvalue weighted by Crippen LogP contribution is 2.25. The molecule has 3 rings (SSSR count). The number of nitrogens with zero attached hydrogens (tertiary/aromatic N) is 1. The molecule has 0 saturated heterocycles. The first-order valence-corrected chi connectivity index (χ1v) is 8.93. The van der Waals surface area contributed by atoms with E-state index in [2.05, 4.69) is 15.8 Å². The van der Waals surface area contributed by atoms with Crippen LogP contribution in [0.4, 0.5) is 5.69 Å². The highest BCUT2D eigenvalue weighted by Gasteiger charge is 2.20. The molecule has 136 valence electrons. The molecule has 6 heteroatoms. The van der Waals surface area contributed by atoms with Crippen LogP contribution in [-0.2, 0) is 4.79 Å². The van der Waals surface area contributed by atoms with Crippen LogP contribution >= 0.6 is 0 Å². The van der Waals surface area contributed by atoms with Gasteiger partial charge in [0, 0.05) is 11.6 Å². The number of furan rings is 1. The molecule has 1 aliphatic rings. The number of rotatable bonds is 5. The van der Waals surface area contributed by atoms with Gasteiger partial charge in [-0.1, -0.05) is 31.4 Å². The van der Waals surface area contributed by atoms with E-state index in [4.69, 9.17) is 4.42 Å². The van der Waals surface area contributed by atoms with Crippen molar-refractivity contribution in [3.05, 3.63) is 54.0 Å². The molecule has 2 aromatic rings. The van der Waals surface area contributed by atoms with Crippen LogP contribution in [0.15, 0.2) is 52.2 Å². The van der Waals surface area contributed by atoms with Crippen molar-refractivity contribution < 1.29 is 14.0 Å². The number of nitrogens with one attached hydrogen (secondary N) is 2. The molecule has 6 nitrogen and oxygen atoms in total. The SMILES string of the molecule is C/C(=N/NC(=O)c1ccco1)c1ccc(NC(=O)C2CCCCC2)cc1. The predicted molar refractivity (Wildman–Crippen MR) is 100 cm³/mol. The molecule has 0 aliphatic heterocycles. The fraction of sp³-hybridized carbons (Fsp3) is 0.350. The van der Waals surface area contributed by atoms with Crippen LogP contribution in [0, 0.1) is 5.92 Å². The maximum Gasteiger partial charge on any atom is 0.307 e. The summed E-state index contributed by atoms with van der Waals surface area (Å²) in [5.41, 5.74) is 4.76. The monoisotopic (exact) mass is 353 g/mol. The van der Waals surface area contributed by atoms with Gasteiger partial charge in [-0.25, -0.2) is 5.43 Å². The highest BCUT2D eigenvalue weighted by atomic mass is 16.3. The molecule has 26 heavy (non-hydrogen) atoms. The Labute approximate surface area is 152 Å². The lowest BCUT2D eigenvalue weighted by Gasteiger charge is -2.20. The number of benzene rings is 1. The Hall–Kier alpha value is -2.89. The van der Waals surface area contributed by atoms with Crippen molar-refractivity contribution in [2.24, 2.45) is 11.0 Å². The second-order valence-electron chi connectivity index (χ2n) is 6.52. The summed E-state index contributed by atoms with van der Waals surface area (Å²) >= 11 is 0. The van der Waals surface area contributed by atoms with E-state index in [1.807, 2.05) is 24.3 Å². The zero-order valence-corrected chi connectivity index (χ0v) is 14.8. The summed E-state index contributed by atoms with van der Waals surface area (Å²) in [6.07, 6.45) is 6.89. The quantitative estimate of drug-likeness (QED) is 0.630. The minimum atomic E-state index is -0.397. The lowest BCUT2D eigenvalue weighted by Crippen LogP contribution is -2.24. The molecular formula is C20H23N3O3. The van der Waals surface area contributed by atoms with Gasteiger partial charge in [0.1, 0.15) is 0 Å². The molecular weight excluding hydrogens is 330 g/mol. The summed E-state index contributed by atoms with van der Waals surface area (Å²) in [6.45, 7) is 1.80. The van der Waals surface area contributed by atoms with E-state index in [9.17, 15) is 9.59 Å². The summed E-state index contributed by atoms with van der Waals surface area (Å²) in [6, 6.07) is 10.7. The van der Waals surface area contributed by atoms with Crippen LogP contribution < -0.4 is 10.7 Å². The average Bonchev–Trinajstić information content (AvgIpc) is 3.22. The zero-order valence-electron chi connectivity index (χ0n) is 14.8. The highest BCUT2D eigenvalue weighted by molar-refractivity contribution is 6.01. The van der Waals surface area contributed by atoms with Gasteiger partial charge in [-0.2, -0.15) is 5.10 Å². The maximum atomic E-state index is 12.3. The second-order valence-corrected chi connectivity index (χ2v) is 6.52. The van der Waals surface area contributed by atoms with E-state index in [1.165, 1.54) is 12.7 Å². The Morgan fingerprint density at radius 3 is 2.46 bits per heavy atom. The number of carbonyl (C=O) groups excluding carboxylic acids is 2. The van der Waals surface area contributed by atoms with Crippen LogP contribution in [0.1, 0.15) is 55.1 Å². The Morgan fingerprint density at radius 1 is 1.08 bits per heavy atom. The van der Waals surface area contributed by atoms with Crippen molar-refractivity contribution in [3.63, 3.8) is 0 Å². The normalized spacial score (nSPS) is 15.5. The van der Waals surface area contributed by atoms with Gasteiger partial charge in [0.05, 0.1) is 12.0 Å². The second kappa shape index (κ2) is 8.47. The molecule has 0 atom stereocenters. The standard InChI is InChI=1S/C20H23N3O3/c1-14(22-23-20(25)18-8-5-13-26-18)15-9-11-17(12-10-15)21-19(24)16-6-3-2-4-7-16/h5,8-13,16H,2-4,6-7H2,1H3,(H,21,24)(H,23,25)/b22-14-. The minimum absolute atomic E-state index is 0.105. The van der Waals surface area contributed by atoms with Crippen molar-refractivity contribution >= 4 is 23.2 Å². The first-order valence-electron chi connectivity index (χ1n) is 8.93. The van der Waals surface area contributed by atoms with Crippen LogP contribution in [0.2, 0.25) is 0 Å². The van der Waals surface area contributed by atoms with E-state index in [0.717, 1.165) is 36.9 Å². The molecule has 1 aromatic heterocycles. The number of anilines is 1. The van der Waals surface area contributed by atoms with E-state index in [1.54, 1.807) is 19.1 Å². The molecule has 0 bridgehead atoms. The predicted octanol–water partition coefficient (Wildman–Crippen LogP) is 3.95. The van der Waals surface area contributed by atoms with Crippen LogP contribution in [0.25, 0.3) is 0 Å². The number of carbonyl (C=O) groups is 2. The summed E-state index contributed by atoms with van der Waals surface area (Å²) in [5, 5.41) is 7.07. The van der Waals surface area contributed by atoms with E-state index < -0.39 is 5.91 Å². The fourth-order valence-corrected chi connectivity index (χ4v) is 3.07. The molecule has 1 saturated carbocycles. The first kappa shape index (κ1) is 17.9. The first-order chi connectivity index (χ1) is 12.6. The number of hydrazone groups is 1. The molecule has 1 aromatic carbocycles. The van der Waals surface area contributed by atoms with Crippen LogP contribution in [0.5, 0.6) is 0 Å². The smallest absolute Gasteiger partial charge is 0.307 e. The van der Waals surface area contributed by atoms with Gasteiger partial charge in [-0.3, -0.25) is 9.59 Å². The fourth-order valence-electron chi connectivity index (χ4n) is 3.07. The Balaban J connectivity index is 1.57. The van der Waals surface area contributed by atoms with E-state index in [0.29, 0.717) is 5.71 Å². The van der Waals surface area contributed by atoms with Crippen molar-refractivity contribution in [1.82, 2.24) is 5.43 Å². The van der Waals surface area contributed by atoms with Gasteiger partial charge in [0.15, 0.2) is 5.76 Å². The summed E-state index contributed by atoms with van der Waals surface area (Å²) in [7, 11) is 0. The minimum Gasteiger partial charge on any atom is -0.459 e. The maximum absolute atomic E-state index is 12.3. The Bertz CT molecular complexity index is 773. The molecule has 2 amide bonds. The van der Waals surface area contributed by atoms with Gasteiger partial charge in [-0.05, 0) is 49.6 Å². The Morgan fingerprint density at radius 2 is 1.81 bits per heavy atom. The number of amides is 2. The number of hydrogen-bond donors (Lipinski definition) is 2. The molecule has 0 spiro atoms.